The zero-order chi connectivity index (χ0) is 15.6. The number of nitriles is 1. The van der Waals surface area contributed by atoms with Gasteiger partial charge in [0.05, 0.1) is 5.69 Å². The molecule has 0 saturated heterocycles. The molecule has 2 aromatic rings. The van der Waals surface area contributed by atoms with Gasteiger partial charge in [0.1, 0.15) is 11.6 Å². The Hall–Kier alpha value is -1.83. The van der Waals surface area contributed by atoms with E-state index in [0.717, 1.165) is 16.8 Å². The molecule has 0 saturated carbocycles. The van der Waals surface area contributed by atoms with E-state index in [2.05, 4.69) is 16.3 Å². The van der Waals surface area contributed by atoms with E-state index in [1.165, 1.54) is 0 Å². The third-order valence-corrected chi connectivity index (χ3v) is 3.92. The summed E-state index contributed by atoms with van der Waals surface area (Å²) in [7, 11) is 1.85. The van der Waals surface area contributed by atoms with Crippen molar-refractivity contribution in [2.24, 2.45) is 0 Å². The number of hydrogen-bond acceptors (Lipinski definition) is 4. The summed E-state index contributed by atoms with van der Waals surface area (Å²) in [4.78, 5) is 1.85. The van der Waals surface area contributed by atoms with Crippen LogP contribution >= 0.6 is 23.2 Å². The molecule has 0 spiro atoms. The van der Waals surface area contributed by atoms with Crippen LogP contribution in [0, 0.1) is 25.2 Å². The van der Waals surface area contributed by atoms with Crippen molar-refractivity contribution in [3.63, 3.8) is 0 Å². The molecule has 0 aliphatic carbocycles. The summed E-state index contributed by atoms with van der Waals surface area (Å²) in [5.41, 5.74) is 3.05. The Morgan fingerprint density at radius 1 is 1.24 bits per heavy atom. The largest absolute Gasteiger partial charge is 0.353 e. The second kappa shape index (κ2) is 6.30. The van der Waals surface area contributed by atoms with Crippen LogP contribution in [-0.4, -0.2) is 17.2 Å². The highest BCUT2D eigenvalue weighted by molar-refractivity contribution is 6.35. The first kappa shape index (κ1) is 15.6. The van der Waals surface area contributed by atoms with Crippen molar-refractivity contribution in [1.29, 1.82) is 5.26 Å². The average molecular weight is 321 g/mol. The van der Waals surface area contributed by atoms with Crippen molar-refractivity contribution in [1.82, 2.24) is 10.2 Å². The lowest BCUT2D eigenvalue weighted by molar-refractivity contribution is 0.846. The van der Waals surface area contributed by atoms with E-state index in [-0.39, 0.29) is 0 Å². The topological polar surface area (TPSA) is 52.8 Å². The smallest absolute Gasteiger partial charge is 0.169 e. The molecular formula is C15H14Cl2N4. The van der Waals surface area contributed by atoms with Gasteiger partial charge in [-0.1, -0.05) is 29.3 Å². The fraction of sp³-hybridized carbons (Fsp3) is 0.267. The van der Waals surface area contributed by atoms with Gasteiger partial charge < -0.3 is 4.90 Å². The molecule has 2 rings (SSSR count). The van der Waals surface area contributed by atoms with Crippen LogP contribution in [0.1, 0.15) is 22.4 Å². The number of aryl methyl sites for hydroxylation is 1. The van der Waals surface area contributed by atoms with Crippen molar-refractivity contribution >= 4 is 29.0 Å². The molecule has 0 aliphatic rings. The first-order valence-electron chi connectivity index (χ1n) is 6.33. The summed E-state index contributed by atoms with van der Waals surface area (Å²) in [6.07, 6.45) is 0. The number of aromatic nitrogens is 2. The number of rotatable bonds is 3. The molecule has 0 radical (unpaired) electrons. The lowest BCUT2D eigenvalue weighted by atomic mass is 10.1. The van der Waals surface area contributed by atoms with Gasteiger partial charge in [-0.25, -0.2) is 0 Å². The van der Waals surface area contributed by atoms with E-state index in [1.807, 2.05) is 31.9 Å². The summed E-state index contributed by atoms with van der Waals surface area (Å²) >= 11 is 12.1. The van der Waals surface area contributed by atoms with Crippen molar-refractivity contribution in [3.8, 4) is 6.07 Å². The molecule has 0 unspecified atom stereocenters. The van der Waals surface area contributed by atoms with Crippen LogP contribution < -0.4 is 4.90 Å². The highest BCUT2D eigenvalue weighted by Gasteiger charge is 2.15. The summed E-state index contributed by atoms with van der Waals surface area (Å²) in [6.45, 7) is 4.22. The molecule has 21 heavy (non-hydrogen) atoms. The summed E-state index contributed by atoms with van der Waals surface area (Å²) in [6, 6.07) is 7.54. The van der Waals surface area contributed by atoms with Crippen LogP contribution in [-0.2, 0) is 6.54 Å². The fourth-order valence-corrected chi connectivity index (χ4v) is 2.45. The first-order valence-corrected chi connectivity index (χ1v) is 7.08. The van der Waals surface area contributed by atoms with E-state index in [9.17, 15) is 5.26 Å². The molecule has 0 fully saturated rings. The summed E-state index contributed by atoms with van der Waals surface area (Å²) in [5.74, 6) is 0.548. The van der Waals surface area contributed by atoms with Gasteiger partial charge in [-0.3, -0.25) is 0 Å². The van der Waals surface area contributed by atoms with E-state index >= 15 is 0 Å². The van der Waals surface area contributed by atoms with Crippen LogP contribution in [0.3, 0.4) is 0 Å². The maximum absolute atomic E-state index is 9.34. The number of hydrogen-bond donors (Lipinski definition) is 0. The Bertz CT molecular complexity index is 722. The minimum absolute atomic E-state index is 0.516. The van der Waals surface area contributed by atoms with Gasteiger partial charge in [0.15, 0.2) is 5.82 Å². The van der Waals surface area contributed by atoms with E-state index in [0.29, 0.717) is 28.0 Å². The zero-order valence-corrected chi connectivity index (χ0v) is 13.5. The molecule has 0 bridgehead atoms. The normalized spacial score (nSPS) is 10.3. The van der Waals surface area contributed by atoms with Crippen molar-refractivity contribution in [2.75, 3.05) is 11.9 Å². The minimum Gasteiger partial charge on any atom is -0.353 e. The zero-order valence-electron chi connectivity index (χ0n) is 12.0. The Balaban J connectivity index is 2.35. The van der Waals surface area contributed by atoms with Crippen LogP contribution in [0.5, 0.6) is 0 Å². The van der Waals surface area contributed by atoms with E-state index in [1.54, 1.807) is 12.1 Å². The predicted molar refractivity (Wildman–Crippen MR) is 84.8 cm³/mol. The van der Waals surface area contributed by atoms with Gasteiger partial charge in [0, 0.05) is 23.6 Å². The van der Waals surface area contributed by atoms with Crippen LogP contribution in [0.4, 0.5) is 5.82 Å². The Labute approximate surface area is 133 Å². The summed E-state index contributed by atoms with van der Waals surface area (Å²) < 4.78 is 0. The second-order valence-electron chi connectivity index (χ2n) is 4.81. The highest BCUT2D eigenvalue weighted by atomic mass is 35.5. The van der Waals surface area contributed by atoms with Gasteiger partial charge in [-0.05, 0) is 37.1 Å². The van der Waals surface area contributed by atoms with Gasteiger partial charge in [-0.15, -0.1) is 5.10 Å². The Morgan fingerprint density at radius 2 is 1.95 bits per heavy atom. The molecule has 0 amide bonds. The predicted octanol–water partition coefficient (Wildman–Crippen LogP) is 3.91. The quantitative estimate of drug-likeness (QED) is 0.860. The molecule has 0 N–H and O–H groups in total. The lowest BCUT2D eigenvalue weighted by Crippen LogP contribution is -2.20. The molecular weight excluding hydrogens is 307 g/mol. The monoisotopic (exact) mass is 320 g/mol. The molecule has 1 heterocycles. The minimum atomic E-state index is 0.516. The summed E-state index contributed by atoms with van der Waals surface area (Å²) in [5, 5.41) is 18.7. The molecule has 1 aromatic carbocycles. The maximum atomic E-state index is 9.34. The number of halogens is 2. The maximum Gasteiger partial charge on any atom is 0.169 e. The first-order chi connectivity index (χ1) is 9.93. The van der Waals surface area contributed by atoms with Gasteiger partial charge in [0.25, 0.3) is 0 Å². The SMILES string of the molecule is Cc1nnc(N(C)Cc2ccc(Cl)cc2Cl)c(C#N)c1C. The van der Waals surface area contributed by atoms with Crippen LogP contribution in [0.2, 0.25) is 10.0 Å². The second-order valence-corrected chi connectivity index (χ2v) is 5.66. The average Bonchev–Trinajstić information content (AvgIpc) is 2.44. The highest BCUT2D eigenvalue weighted by Crippen LogP contribution is 2.25. The third kappa shape index (κ3) is 3.26. The Kier molecular flexibility index (Phi) is 4.66. The van der Waals surface area contributed by atoms with E-state index in [4.69, 9.17) is 23.2 Å². The van der Waals surface area contributed by atoms with Crippen molar-refractivity contribution in [3.05, 3.63) is 50.6 Å². The molecule has 6 heteroatoms. The van der Waals surface area contributed by atoms with Crippen molar-refractivity contribution < 1.29 is 0 Å². The van der Waals surface area contributed by atoms with Crippen LogP contribution in [0.25, 0.3) is 0 Å². The molecule has 0 aliphatic heterocycles. The molecule has 108 valence electrons. The number of benzene rings is 1. The molecule has 1 aromatic heterocycles. The molecule has 4 nitrogen and oxygen atoms in total. The van der Waals surface area contributed by atoms with Crippen molar-refractivity contribution in [2.45, 2.75) is 20.4 Å². The molecule has 0 atom stereocenters. The standard InChI is InChI=1S/C15H14Cl2N4/c1-9-10(2)19-20-15(13(9)7-18)21(3)8-11-4-5-12(16)6-14(11)17/h4-6H,8H2,1-3H3. The lowest BCUT2D eigenvalue weighted by Gasteiger charge is -2.20. The number of anilines is 1. The van der Waals surface area contributed by atoms with E-state index < -0.39 is 0 Å². The fourth-order valence-electron chi connectivity index (χ4n) is 1.98. The Morgan fingerprint density at radius 3 is 2.57 bits per heavy atom. The van der Waals surface area contributed by atoms with Gasteiger partial charge in [-0.2, -0.15) is 10.4 Å². The number of nitrogens with zero attached hydrogens (tertiary/aromatic N) is 4. The van der Waals surface area contributed by atoms with Gasteiger partial charge >= 0.3 is 0 Å². The van der Waals surface area contributed by atoms with Gasteiger partial charge in [0.2, 0.25) is 0 Å². The third-order valence-electron chi connectivity index (χ3n) is 3.33. The van der Waals surface area contributed by atoms with Crippen LogP contribution in [0.15, 0.2) is 18.2 Å².